The highest BCUT2D eigenvalue weighted by Crippen LogP contribution is 2.28. The Morgan fingerprint density at radius 2 is 1.39 bits per heavy atom. The largest absolute Gasteiger partial charge is 0.493 e. The van der Waals surface area contributed by atoms with Gasteiger partial charge in [0.05, 0.1) is 19.4 Å². The van der Waals surface area contributed by atoms with Gasteiger partial charge in [-0.15, -0.1) is 0 Å². The Morgan fingerprint density at radius 1 is 0.758 bits per heavy atom. The molecule has 0 saturated carbocycles. The Morgan fingerprint density at radius 3 is 2.06 bits per heavy atom. The molecule has 6 nitrogen and oxygen atoms in total. The summed E-state index contributed by atoms with van der Waals surface area (Å²) >= 11 is 0. The fourth-order valence-corrected chi connectivity index (χ4v) is 3.28. The predicted molar refractivity (Wildman–Crippen MR) is 133 cm³/mol. The van der Waals surface area contributed by atoms with Gasteiger partial charge in [-0.25, -0.2) is 0 Å². The summed E-state index contributed by atoms with van der Waals surface area (Å²) in [5, 5.41) is 3.64. The van der Waals surface area contributed by atoms with Gasteiger partial charge in [-0.3, -0.25) is 0 Å². The first-order chi connectivity index (χ1) is 16.1. The number of oxime groups is 1. The van der Waals surface area contributed by atoms with Crippen molar-refractivity contribution in [1.29, 1.82) is 0 Å². The quantitative estimate of drug-likeness (QED) is 0.129. The number of nitrogens with zero attached hydrogens (tertiary/aromatic N) is 1. The molecule has 2 aromatic carbocycles. The number of rotatable bonds is 16. The maximum absolute atomic E-state index is 6.05. The van der Waals surface area contributed by atoms with Crippen molar-refractivity contribution in [2.45, 2.75) is 46.5 Å². The number of unbranched alkanes of at least 4 members (excludes halogenated alkanes) is 3. The molecule has 0 atom stereocenters. The second-order valence-electron chi connectivity index (χ2n) is 7.63. The summed E-state index contributed by atoms with van der Waals surface area (Å²) in [5.41, 5.74) is 2.21. The molecule has 0 radical (unpaired) electrons. The average molecular weight is 456 g/mol. The normalized spacial score (nSPS) is 11.2. The van der Waals surface area contributed by atoms with Gasteiger partial charge in [0.2, 0.25) is 0 Å². The van der Waals surface area contributed by atoms with Crippen molar-refractivity contribution in [2.75, 3.05) is 33.5 Å². The molecule has 0 saturated heterocycles. The zero-order valence-electron chi connectivity index (χ0n) is 20.3. The number of hydrogen-bond donors (Lipinski definition) is 0. The van der Waals surface area contributed by atoms with Gasteiger partial charge in [-0.2, -0.15) is 0 Å². The zero-order chi connectivity index (χ0) is 23.7. The van der Waals surface area contributed by atoms with Gasteiger partial charge >= 0.3 is 0 Å². The maximum Gasteiger partial charge on any atom is 0.127 e. The van der Waals surface area contributed by atoms with Crippen molar-refractivity contribution in [3.8, 4) is 23.0 Å². The van der Waals surface area contributed by atoms with E-state index in [1.165, 1.54) is 7.11 Å². The maximum atomic E-state index is 6.05. The van der Waals surface area contributed by atoms with Crippen molar-refractivity contribution in [1.82, 2.24) is 0 Å². The van der Waals surface area contributed by atoms with E-state index in [-0.39, 0.29) is 0 Å². The van der Waals surface area contributed by atoms with Crippen LogP contribution in [-0.2, 0) is 4.84 Å². The minimum atomic E-state index is 0.354. The van der Waals surface area contributed by atoms with Crippen LogP contribution in [0.3, 0.4) is 0 Å². The Kier molecular flexibility index (Phi) is 12.4. The first-order valence-corrected chi connectivity index (χ1v) is 11.5. The van der Waals surface area contributed by atoms with Crippen LogP contribution < -0.4 is 18.9 Å². The molecule has 2 aromatic rings. The Balaban J connectivity index is 1.60. The minimum absolute atomic E-state index is 0.354. The summed E-state index contributed by atoms with van der Waals surface area (Å²) in [5.74, 6) is 3.40. The lowest BCUT2D eigenvalue weighted by Gasteiger charge is -2.14. The molecule has 0 fully saturated rings. The standard InChI is InChI=1S/C27H37NO5/c1-5-6-15-31-26-19-22(2)27(23(3)20-26)33-17-10-8-7-9-16-30-24-12-11-13-25(21-24)32-18-14-28-29-4/h5-6,11-14,19-21H,7-10,15-18H2,1-4H3/b6-5+,28-14?. The molecule has 0 aliphatic rings. The smallest absolute Gasteiger partial charge is 0.127 e. The lowest BCUT2D eigenvalue weighted by Crippen LogP contribution is -2.03. The van der Waals surface area contributed by atoms with E-state index >= 15 is 0 Å². The van der Waals surface area contributed by atoms with E-state index in [9.17, 15) is 0 Å². The Hall–Kier alpha value is -3.15. The first kappa shape index (κ1) is 26.1. The lowest BCUT2D eigenvalue weighted by molar-refractivity contribution is 0.212. The second-order valence-corrected chi connectivity index (χ2v) is 7.63. The Labute approximate surface area is 198 Å². The molecule has 0 aromatic heterocycles. The third kappa shape index (κ3) is 10.3. The summed E-state index contributed by atoms with van der Waals surface area (Å²) in [6.07, 6.45) is 9.77. The predicted octanol–water partition coefficient (Wildman–Crippen LogP) is 6.29. The van der Waals surface area contributed by atoms with Crippen molar-refractivity contribution in [3.63, 3.8) is 0 Å². The third-order valence-corrected chi connectivity index (χ3v) is 4.88. The Bertz CT molecular complexity index is 856. The monoisotopic (exact) mass is 455 g/mol. The van der Waals surface area contributed by atoms with Crippen LogP contribution in [0.2, 0.25) is 0 Å². The summed E-state index contributed by atoms with van der Waals surface area (Å²) in [6.45, 7) is 8.46. The molecular weight excluding hydrogens is 418 g/mol. The van der Waals surface area contributed by atoms with E-state index in [4.69, 9.17) is 18.9 Å². The molecule has 0 unspecified atom stereocenters. The van der Waals surface area contributed by atoms with Crippen LogP contribution in [0.25, 0.3) is 0 Å². The molecular formula is C27H37NO5. The van der Waals surface area contributed by atoms with Crippen LogP contribution in [0.1, 0.15) is 43.7 Å². The van der Waals surface area contributed by atoms with Gasteiger partial charge in [0.1, 0.15) is 43.3 Å². The highest BCUT2D eigenvalue weighted by molar-refractivity contribution is 5.58. The van der Waals surface area contributed by atoms with Crippen molar-refractivity contribution in [3.05, 3.63) is 59.7 Å². The van der Waals surface area contributed by atoms with Gasteiger partial charge in [-0.05, 0) is 81.8 Å². The highest BCUT2D eigenvalue weighted by atomic mass is 16.6. The van der Waals surface area contributed by atoms with Crippen LogP contribution >= 0.6 is 0 Å². The molecule has 0 spiro atoms. The van der Waals surface area contributed by atoms with Gasteiger partial charge in [0.25, 0.3) is 0 Å². The molecule has 2 rings (SSSR count). The molecule has 6 heteroatoms. The topological polar surface area (TPSA) is 58.5 Å². The van der Waals surface area contributed by atoms with Gasteiger partial charge in [-0.1, -0.05) is 23.4 Å². The summed E-state index contributed by atoms with van der Waals surface area (Å²) in [6, 6.07) is 11.7. The summed E-state index contributed by atoms with van der Waals surface area (Å²) in [7, 11) is 1.50. The van der Waals surface area contributed by atoms with Crippen molar-refractivity contribution < 1.29 is 23.8 Å². The fourth-order valence-electron chi connectivity index (χ4n) is 3.28. The third-order valence-electron chi connectivity index (χ3n) is 4.88. The fraction of sp³-hybridized carbons (Fsp3) is 0.444. The summed E-state index contributed by atoms with van der Waals surface area (Å²) in [4.78, 5) is 4.61. The van der Waals surface area contributed by atoms with E-state index in [1.54, 1.807) is 6.21 Å². The number of allylic oxidation sites excluding steroid dienone is 1. The first-order valence-electron chi connectivity index (χ1n) is 11.5. The molecule has 0 amide bonds. The van der Waals surface area contributed by atoms with Crippen molar-refractivity contribution >= 4 is 6.21 Å². The number of benzene rings is 2. The lowest BCUT2D eigenvalue weighted by atomic mass is 10.1. The van der Waals surface area contributed by atoms with Crippen LogP contribution in [-0.4, -0.2) is 39.8 Å². The second kappa shape index (κ2) is 15.6. The van der Waals surface area contributed by atoms with Crippen LogP contribution in [0, 0.1) is 13.8 Å². The molecule has 0 heterocycles. The number of aryl methyl sites for hydroxylation is 2. The van der Waals surface area contributed by atoms with Crippen LogP contribution in [0.15, 0.2) is 53.7 Å². The minimum Gasteiger partial charge on any atom is -0.493 e. The number of ether oxygens (including phenoxy) is 4. The van der Waals surface area contributed by atoms with E-state index in [1.807, 2.05) is 55.5 Å². The van der Waals surface area contributed by atoms with E-state index in [0.29, 0.717) is 26.4 Å². The molecule has 180 valence electrons. The van der Waals surface area contributed by atoms with Crippen LogP contribution in [0.5, 0.6) is 23.0 Å². The van der Waals surface area contributed by atoms with Gasteiger partial charge in [0.15, 0.2) is 0 Å². The van der Waals surface area contributed by atoms with Crippen LogP contribution in [0.4, 0.5) is 0 Å². The average Bonchev–Trinajstić information content (AvgIpc) is 2.80. The molecule has 33 heavy (non-hydrogen) atoms. The highest BCUT2D eigenvalue weighted by Gasteiger charge is 2.07. The zero-order valence-corrected chi connectivity index (χ0v) is 20.3. The van der Waals surface area contributed by atoms with Gasteiger partial charge in [0, 0.05) is 6.07 Å². The van der Waals surface area contributed by atoms with E-state index < -0.39 is 0 Å². The van der Waals surface area contributed by atoms with Crippen molar-refractivity contribution in [2.24, 2.45) is 5.16 Å². The molecule has 0 bridgehead atoms. The molecule has 0 N–H and O–H groups in total. The SMILES string of the molecule is C/C=C/COc1cc(C)c(OCCCCCCOc2cccc(OCC=NOC)c2)c(C)c1. The van der Waals surface area contributed by atoms with E-state index in [0.717, 1.165) is 59.8 Å². The van der Waals surface area contributed by atoms with Gasteiger partial charge < -0.3 is 23.8 Å². The molecule has 0 aliphatic carbocycles. The number of hydrogen-bond acceptors (Lipinski definition) is 6. The van der Waals surface area contributed by atoms with E-state index in [2.05, 4.69) is 23.8 Å². The summed E-state index contributed by atoms with van der Waals surface area (Å²) < 4.78 is 23.2. The molecule has 0 aliphatic heterocycles.